The van der Waals surface area contributed by atoms with Gasteiger partial charge in [0.05, 0.1) is 5.75 Å². The molecule has 2 rings (SSSR count). The second-order valence-electron chi connectivity index (χ2n) is 5.53. The Morgan fingerprint density at radius 1 is 1.35 bits per heavy atom. The fourth-order valence-electron chi connectivity index (χ4n) is 2.36. The Morgan fingerprint density at radius 2 is 2.00 bits per heavy atom. The van der Waals surface area contributed by atoms with Crippen molar-refractivity contribution < 1.29 is 13.2 Å². The van der Waals surface area contributed by atoms with Crippen molar-refractivity contribution in [2.24, 2.45) is 0 Å². The van der Waals surface area contributed by atoms with Gasteiger partial charge in [0, 0.05) is 37.8 Å². The molecule has 1 unspecified atom stereocenters. The van der Waals surface area contributed by atoms with Gasteiger partial charge in [-0.15, -0.1) is 12.4 Å². The number of benzene rings is 1. The van der Waals surface area contributed by atoms with Gasteiger partial charge >= 0.3 is 0 Å². The Balaban J connectivity index is 0.00000264. The molecule has 2 N–H and O–H groups in total. The molecule has 6 nitrogen and oxygen atoms in total. The van der Waals surface area contributed by atoms with E-state index < -0.39 is 10.0 Å². The lowest BCUT2D eigenvalue weighted by Gasteiger charge is -2.32. The summed E-state index contributed by atoms with van der Waals surface area (Å²) in [5.74, 6) is 0.0825. The van der Waals surface area contributed by atoms with E-state index in [2.05, 4.69) is 17.0 Å². The van der Waals surface area contributed by atoms with Crippen LogP contribution in [0.3, 0.4) is 0 Å². The number of hydrogen-bond acceptors (Lipinski definition) is 4. The topological polar surface area (TPSA) is 78.5 Å². The number of sulfonamides is 1. The first-order valence-electron chi connectivity index (χ1n) is 7.50. The minimum Gasteiger partial charge on any atom is -0.336 e. The minimum atomic E-state index is -3.20. The molecule has 1 aromatic rings. The lowest BCUT2D eigenvalue weighted by Crippen LogP contribution is -2.51. The van der Waals surface area contributed by atoms with Crippen molar-refractivity contribution in [1.82, 2.24) is 14.9 Å². The zero-order valence-corrected chi connectivity index (χ0v) is 15.0. The van der Waals surface area contributed by atoms with E-state index in [1.165, 1.54) is 0 Å². The normalized spacial score (nSPS) is 18.3. The number of carbonyl (C=O) groups excluding carboxylic acids is 1. The van der Waals surface area contributed by atoms with Crippen molar-refractivity contribution >= 4 is 28.3 Å². The maximum atomic E-state index is 12.4. The van der Waals surface area contributed by atoms with E-state index in [4.69, 9.17) is 0 Å². The predicted molar refractivity (Wildman–Crippen MR) is 93.4 cm³/mol. The average molecular weight is 362 g/mol. The number of amides is 1. The van der Waals surface area contributed by atoms with Gasteiger partial charge in [0.2, 0.25) is 10.0 Å². The SMILES string of the molecule is CCS(=O)(=O)NCc1ccc(C(=O)N2CCNC(C)C2)cc1.Cl. The van der Waals surface area contributed by atoms with E-state index in [1.54, 1.807) is 31.2 Å². The first-order valence-corrected chi connectivity index (χ1v) is 9.15. The quantitative estimate of drug-likeness (QED) is 0.819. The number of nitrogens with one attached hydrogen (secondary N) is 2. The van der Waals surface area contributed by atoms with Crippen LogP contribution in [0.5, 0.6) is 0 Å². The van der Waals surface area contributed by atoms with E-state index in [9.17, 15) is 13.2 Å². The Hall–Kier alpha value is -1.15. The van der Waals surface area contributed by atoms with Crippen LogP contribution in [-0.2, 0) is 16.6 Å². The Labute approximate surface area is 144 Å². The van der Waals surface area contributed by atoms with Crippen molar-refractivity contribution in [3.05, 3.63) is 35.4 Å². The summed E-state index contributed by atoms with van der Waals surface area (Å²) in [7, 11) is -3.20. The van der Waals surface area contributed by atoms with Crippen molar-refractivity contribution in [2.75, 3.05) is 25.4 Å². The number of piperazine rings is 1. The third-order valence-electron chi connectivity index (χ3n) is 3.73. The second kappa shape index (κ2) is 8.63. The van der Waals surface area contributed by atoms with Crippen LogP contribution < -0.4 is 10.0 Å². The Morgan fingerprint density at radius 3 is 2.57 bits per heavy atom. The predicted octanol–water partition coefficient (Wildman–Crippen LogP) is 0.982. The average Bonchev–Trinajstić information content (AvgIpc) is 2.53. The molecule has 0 radical (unpaired) electrons. The summed E-state index contributed by atoms with van der Waals surface area (Å²) in [5.41, 5.74) is 1.47. The lowest BCUT2D eigenvalue weighted by atomic mass is 10.1. The fraction of sp³-hybridized carbons (Fsp3) is 0.533. The van der Waals surface area contributed by atoms with Crippen LogP contribution in [-0.4, -0.2) is 50.7 Å². The van der Waals surface area contributed by atoms with Gasteiger partial charge in [-0.25, -0.2) is 13.1 Å². The van der Waals surface area contributed by atoms with Crippen LogP contribution in [0.2, 0.25) is 0 Å². The zero-order chi connectivity index (χ0) is 16.2. The fourth-order valence-corrected chi connectivity index (χ4v) is 2.95. The van der Waals surface area contributed by atoms with Crippen molar-refractivity contribution in [3.8, 4) is 0 Å². The molecule has 1 saturated heterocycles. The summed E-state index contributed by atoms with van der Waals surface area (Å²) in [5, 5.41) is 3.30. The molecule has 0 aliphatic carbocycles. The smallest absolute Gasteiger partial charge is 0.253 e. The maximum Gasteiger partial charge on any atom is 0.253 e. The summed E-state index contributed by atoms with van der Waals surface area (Å²) in [6.45, 7) is 6.12. The van der Waals surface area contributed by atoms with Gasteiger partial charge in [0.25, 0.3) is 5.91 Å². The molecule has 0 aromatic heterocycles. The molecule has 23 heavy (non-hydrogen) atoms. The van der Waals surface area contributed by atoms with Crippen LogP contribution in [0.4, 0.5) is 0 Å². The number of hydrogen-bond donors (Lipinski definition) is 2. The molecule has 1 atom stereocenters. The van der Waals surface area contributed by atoms with Crippen molar-refractivity contribution in [3.63, 3.8) is 0 Å². The molecule has 1 aliphatic heterocycles. The first-order chi connectivity index (χ1) is 10.4. The summed E-state index contributed by atoms with van der Waals surface area (Å²) in [6.07, 6.45) is 0. The maximum absolute atomic E-state index is 12.4. The summed E-state index contributed by atoms with van der Waals surface area (Å²) in [6, 6.07) is 7.39. The third-order valence-corrected chi connectivity index (χ3v) is 5.08. The lowest BCUT2D eigenvalue weighted by molar-refractivity contribution is 0.0709. The van der Waals surface area contributed by atoms with Crippen LogP contribution >= 0.6 is 12.4 Å². The monoisotopic (exact) mass is 361 g/mol. The highest BCUT2D eigenvalue weighted by atomic mass is 35.5. The second-order valence-corrected chi connectivity index (χ2v) is 7.62. The summed E-state index contributed by atoms with van der Waals surface area (Å²) in [4.78, 5) is 14.2. The molecule has 1 amide bonds. The van der Waals surface area contributed by atoms with E-state index >= 15 is 0 Å². The molecule has 0 bridgehead atoms. The van der Waals surface area contributed by atoms with Gasteiger partial charge in [-0.1, -0.05) is 12.1 Å². The number of nitrogens with zero attached hydrogens (tertiary/aromatic N) is 1. The van der Waals surface area contributed by atoms with E-state index in [1.807, 2.05) is 4.90 Å². The van der Waals surface area contributed by atoms with Crippen LogP contribution in [0, 0.1) is 0 Å². The van der Waals surface area contributed by atoms with Gasteiger partial charge < -0.3 is 10.2 Å². The summed E-state index contributed by atoms with van der Waals surface area (Å²) >= 11 is 0. The molecule has 1 fully saturated rings. The van der Waals surface area contributed by atoms with Gasteiger partial charge in [-0.05, 0) is 31.5 Å². The third kappa shape index (κ3) is 5.76. The molecule has 8 heteroatoms. The molecule has 0 saturated carbocycles. The van der Waals surface area contributed by atoms with Gasteiger partial charge in [-0.2, -0.15) is 0 Å². The van der Waals surface area contributed by atoms with Gasteiger partial charge in [0.1, 0.15) is 0 Å². The molecule has 1 aliphatic rings. The van der Waals surface area contributed by atoms with Crippen LogP contribution in [0.15, 0.2) is 24.3 Å². The Bertz CT molecular complexity index is 619. The van der Waals surface area contributed by atoms with Crippen LogP contribution in [0.25, 0.3) is 0 Å². The van der Waals surface area contributed by atoms with E-state index in [0.29, 0.717) is 24.7 Å². The van der Waals surface area contributed by atoms with Gasteiger partial charge in [0.15, 0.2) is 0 Å². The molecule has 1 heterocycles. The Kier molecular flexibility index (Phi) is 7.47. The number of rotatable bonds is 5. The highest BCUT2D eigenvalue weighted by molar-refractivity contribution is 7.89. The molecular formula is C15H24ClN3O3S. The first kappa shape index (κ1) is 19.9. The van der Waals surface area contributed by atoms with Crippen molar-refractivity contribution in [1.29, 1.82) is 0 Å². The minimum absolute atomic E-state index is 0. The molecule has 1 aromatic carbocycles. The summed E-state index contributed by atoms with van der Waals surface area (Å²) < 4.78 is 25.3. The van der Waals surface area contributed by atoms with E-state index in [0.717, 1.165) is 12.1 Å². The highest BCUT2D eigenvalue weighted by Gasteiger charge is 2.21. The molecular weight excluding hydrogens is 338 g/mol. The van der Waals surface area contributed by atoms with E-state index in [-0.39, 0.29) is 30.6 Å². The zero-order valence-electron chi connectivity index (χ0n) is 13.4. The number of carbonyl (C=O) groups is 1. The molecule has 0 spiro atoms. The number of halogens is 1. The standard InChI is InChI=1S/C15H23N3O3S.ClH/c1-3-22(20,21)17-10-13-4-6-14(7-5-13)15(19)18-9-8-16-12(2)11-18;/h4-7,12,16-17H,3,8-11H2,1-2H3;1H. The van der Waals surface area contributed by atoms with Crippen LogP contribution in [0.1, 0.15) is 29.8 Å². The van der Waals surface area contributed by atoms with Gasteiger partial charge in [-0.3, -0.25) is 4.79 Å². The molecule has 130 valence electrons. The highest BCUT2D eigenvalue weighted by Crippen LogP contribution is 2.10. The largest absolute Gasteiger partial charge is 0.336 e. The van der Waals surface area contributed by atoms with Crippen molar-refractivity contribution in [2.45, 2.75) is 26.4 Å².